The van der Waals surface area contributed by atoms with Crippen molar-refractivity contribution in [2.24, 2.45) is 0 Å². The Morgan fingerprint density at radius 3 is 1.69 bits per heavy atom. The van der Waals surface area contributed by atoms with Gasteiger partial charge in [0.15, 0.2) is 5.82 Å². The molecule has 0 atom stereocenters. The second-order valence-electron chi connectivity index (χ2n) is 11.3. The van der Waals surface area contributed by atoms with Crippen LogP contribution in [0.4, 0.5) is 0 Å². The van der Waals surface area contributed by atoms with Gasteiger partial charge in [0.2, 0.25) is 0 Å². The van der Waals surface area contributed by atoms with E-state index >= 15 is 0 Å². The van der Waals surface area contributed by atoms with Gasteiger partial charge in [0, 0.05) is 38.1 Å². The topological polar surface area (TPSA) is 65.2 Å². The molecule has 0 aliphatic carbocycles. The summed E-state index contributed by atoms with van der Waals surface area (Å²) in [5.74, 6) is 0.565. The summed E-state index contributed by atoms with van der Waals surface area (Å²) in [7, 11) is 0. The summed E-state index contributed by atoms with van der Waals surface area (Å²) in [6, 6.07) is 44.8. The van der Waals surface area contributed by atoms with Crippen molar-refractivity contribution >= 4 is 65.8 Å². The highest BCUT2D eigenvalue weighted by atomic mass is 16.3. The number of furan rings is 3. The number of aromatic nitrogens is 2. The molecule has 10 aromatic rings. The Labute approximate surface area is 256 Å². The number of para-hydroxylation sites is 2. The third-order valence-electron chi connectivity index (χ3n) is 8.70. The first kappa shape index (κ1) is 24.3. The van der Waals surface area contributed by atoms with Crippen LogP contribution in [0.1, 0.15) is 0 Å². The van der Waals surface area contributed by atoms with Crippen LogP contribution >= 0.6 is 0 Å². The molecule has 210 valence electrons. The van der Waals surface area contributed by atoms with Gasteiger partial charge in [-0.1, -0.05) is 97.1 Å². The molecule has 0 aliphatic heterocycles. The monoisotopic (exact) mass is 578 g/mol. The Kier molecular flexibility index (Phi) is 4.93. The zero-order valence-corrected chi connectivity index (χ0v) is 23.8. The van der Waals surface area contributed by atoms with E-state index in [0.717, 1.165) is 88.3 Å². The van der Waals surface area contributed by atoms with Gasteiger partial charge in [-0.25, -0.2) is 9.97 Å². The number of hydrogen-bond donors (Lipinski definition) is 0. The second-order valence-corrected chi connectivity index (χ2v) is 11.3. The number of fused-ring (bicyclic) bond motifs is 11. The molecule has 0 spiro atoms. The molecular formula is C40H22N2O3. The number of hydrogen-bond acceptors (Lipinski definition) is 5. The van der Waals surface area contributed by atoms with Crippen LogP contribution in [0.25, 0.3) is 99.7 Å². The molecule has 0 saturated carbocycles. The van der Waals surface area contributed by atoms with Crippen LogP contribution in [0.5, 0.6) is 0 Å². The van der Waals surface area contributed by atoms with Crippen molar-refractivity contribution in [1.29, 1.82) is 0 Å². The van der Waals surface area contributed by atoms with Crippen LogP contribution in [-0.2, 0) is 0 Å². The van der Waals surface area contributed by atoms with Gasteiger partial charge in [-0.15, -0.1) is 0 Å². The molecule has 10 rings (SSSR count). The van der Waals surface area contributed by atoms with Gasteiger partial charge >= 0.3 is 0 Å². The zero-order valence-electron chi connectivity index (χ0n) is 23.8. The van der Waals surface area contributed by atoms with Gasteiger partial charge in [-0.05, 0) is 36.4 Å². The zero-order chi connectivity index (χ0) is 29.5. The van der Waals surface area contributed by atoms with E-state index in [2.05, 4.69) is 42.5 Å². The molecule has 4 aromatic heterocycles. The molecule has 0 saturated heterocycles. The minimum Gasteiger partial charge on any atom is -0.456 e. The van der Waals surface area contributed by atoms with Crippen molar-refractivity contribution in [3.05, 3.63) is 133 Å². The SMILES string of the molecule is c1ccc(-c2cc(-c3ccccc3)nc(-c3cc4oc5ccc6c7ccccc7oc6c5c4c4c3oc3ccccc34)n2)cc1. The van der Waals surface area contributed by atoms with Crippen LogP contribution in [0.2, 0.25) is 0 Å². The van der Waals surface area contributed by atoms with E-state index in [4.69, 9.17) is 23.2 Å². The smallest absolute Gasteiger partial charge is 0.164 e. The van der Waals surface area contributed by atoms with E-state index in [-0.39, 0.29) is 0 Å². The fourth-order valence-corrected chi connectivity index (χ4v) is 6.66. The number of rotatable bonds is 3. The summed E-state index contributed by atoms with van der Waals surface area (Å²) in [4.78, 5) is 10.3. The maximum Gasteiger partial charge on any atom is 0.164 e. The van der Waals surface area contributed by atoms with Crippen molar-refractivity contribution in [3.63, 3.8) is 0 Å². The molecular weight excluding hydrogens is 556 g/mol. The van der Waals surface area contributed by atoms with Gasteiger partial charge < -0.3 is 13.3 Å². The normalized spacial score (nSPS) is 12.0. The van der Waals surface area contributed by atoms with E-state index in [1.165, 1.54) is 0 Å². The number of nitrogens with zero attached hydrogens (tertiary/aromatic N) is 2. The molecule has 0 N–H and O–H groups in total. The summed E-state index contributed by atoms with van der Waals surface area (Å²) in [6.07, 6.45) is 0. The molecule has 0 aliphatic rings. The van der Waals surface area contributed by atoms with E-state index in [1.54, 1.807) is 0 Å². The van der Waals surface area contributed by atoms with Crippen molar-refractivity contribution in [2.75, 3.05) is 0 Å². The lowest BCUT2D eigenvalue weighted by Crippen LogP contribution is -1.96. The molecule has 0 unspecified atom stereocenters. The Balaban J connectivity index is 1.35. The predicted octanol–water partition coefficient (Wildman–Crippen LogP) is 11.2. The minimum atomic E-state index is 0.565. The summed E-state index contributed by atoms with van der Waals surface area (Å²) >= 11 is 0. The highest BCUT2D eigenvalue weighted by Crippen LogP contribution is 2.47. The molecule has 5 heteroatoms. The fourth-order valence-electron chi connectivity index (χ4n) is 6.66. The van der Waals surface area contributed by atoms with Gasteiger partial charge in [0.25, 0.3) is 0 Å². The third-order valence-corrected chi connectivity index (χ3v) is 8.70. The maximum atomic E-state index is 6.67. The maximum absolute atomic E-state index is 6.67. The summed E-state index contributed by atoms with van der Waals surface area (Å²) in [5.41, 5.74) is 9.08. The summed E-state index contributed by atoms with van der Waals surface area (Å²) in [5, 5.41) is 5.98. The molecule has 0 radical (unpaired) electrons. The molecule has 5 nitrogen and oxygen atoms in total. The average Bonchev–Trinajstić information content (AvgIpc) is 3.79. The summed E-state index contributed by atoms with van der Waals surface area (Å²) < 4.78 is 19.8. The van der Waals surface area contributed by atoms with Crippen LogP contribution in [0.3, 0.4) is 0 Å². The first-order valence-corrected chi connectivity index (χ1v) is 14.9. The lowest BCUT2D eigenvalue weighted by molar-refractivity contribution is 0.660. The van der Waals surface area contributed by atoms with E-state index in [9.17, 15) is 0 Å². The van der Waals surface area contributed by atoms with Crippen LogP contribution < -0.4 is 0 Å². The van der Waals surface area contributed by atoms with E-state index < -0.39 is 0 Å². The third kappa shape index (κ3) is 3.55. The molecule has 4 heterocycles. The van der Waals surface area contributed by atoms with Crippen molar-refractivity contribution < 1.29 is 13.3 Å². The highest BCUT2D eigenvalue weighted by molar-refractivity contribution is 6.33. The Morgan fingerprint density at radius 2 is 0.978 bits per heavy atom. The molecule has 45 heavy (non-hydrogen) atoms. The van der Waals surface area contributed by atoms with Crippen LogP contribution in [0, 0.1) is 0 Å². The van der Waals surface area contributed by atoms with Crippen molar-refractivity contribution in [1.82, 2.24) is 9.97 Å². The highest BCUT2D eigenvalue weighted by Gasteiger charge is 2.25. The molecule has 6 aromatic carbocycles. The van der Waals surface area contributed by atoms with E-state index in [1.807, 2.05) is 91.0 Å². The van der Waals surface area contributed by atoms with Gasteiger partial charge in [-0.3, -0.25) is 0 Å². The van der Waals surface area contributed by atoms with Gasteiger partial charge in [-0.2, -0.15) is 0 Å². The Bertz CT molecular complexity index is 2700. The van der Waals surface area contributed by atoms with Crippen LogP contribution in [0.15, 0.2) is 147 Å². The lowest BCUT2D eigenvalue weighted by Gasteiger charge is -2.10. The largest absolute Gasteiger partial charge is 0.456 e. The molecule has 0 bridgehead atoms. The first-order chi connectivity index (χ1) is 22.3. The average molecular weight is 579 g/mol. The lowest BCUT2D eigenvalue weighted by atomic mass is 10.00. The predicted molar refractivity (Wildman–Crippen MR) is 180 cm³/mol. The van der Waals surface area contributed by atoms with Crippen LogP contribution in [-0.4, -0.2) is 9.97 Å². The summed E-state index contributed by atoms with van der Waals surface area (Å²) in [6.45, 7) is 0. The molecule has 0 amide bonds. The Morgan fingerprint density at radius 1 is 0.378 bits per heavy atom. The van der Waals surface area contributed by atoms with Gasteiger partial charge in [0.05, 0.1) is 22.3 Å². The van der Waals surface area contributed by atoms with E-state index in [0.29, 0.717) is 11.4 Å². The molecule has 0 fully saturated rings. The van der Waals surface area contributed by atoms with Crippen molar-refractivity contribution in [2.45, 2.75) is 0 Å². The first-order valence-electron chi connectivity index (χ1n) is 14.9. The fraction of sp³-hybridized carbons (Fsp3) is 0. The standard InChI is InChI=1S/C40H22N2O3/c1-3-11-23(12-4-1)29-22-30(24-13-5-2-6-14-24)42-40(41-29)28-21-34-36(35-27-16-8-10-18-32(27)45-39(28)35)37-33(43-34)20-19-26-25-15-7-9-17-31(25)44-38(26)37/h1-22H. The second kappa shape index (κ2) is 9.15. The Hall–Kier alpha value is -6.20. The number of benzene rings is 6. The minimum absolute atomic E-state index is 0.565. The van der Waals surface area contributed by atoms with Gasteiger partial charge in [0.1, 0.15) is 33.5 Å². The quantitative estimate of drug-likeness (QED) is 0.209. The van der Waals surface area contributed by atoms with Crippen molar-refractivity contribution in [3.8, 4) is 33.9 Å².